The summed E-state index contributed by atoms with van der Waals surface area (Å²) >= 11 is 0. The Morgan fingerprint density at radius 1 is 1.22 bits per heavy atom. The van der Waals surface area contributed by atoms with E-state index in [9.17, 15) is 4.79 Å². The van der Waals surface area contributed by atoms with Gasteiger partial charge in [-0.05, 0) is 51.3 Å². The van der Waals surface area contributed by atoms with Gasteiger partial charge in [0.25, 0.3) is 0 Å². The Kier molecular flexibility index (Phi) is 5.29. The summed E-state index contributed by atoms with van der Waals surface area (Å²) in [7, 11) is 0. The first-order valence-electron chi connectivity index (χ1n) is 9.64. The van der Waals surface area contributed by atoms with Crippen LogP contribution in [0.4, 0.5) is 0 Å². The van der Waals surface area contributed by atoms with Crippen LogP contribution in [0.2, 0.25) is 0 Å². The van der Waals surface area contributed by atoms with Gasteiger partial charge in [0.2, 0.25) is 11.8 Å². The van der Waals surface area contributed by atoms with Gasteiger partial charge in [0.1, 0.15) is 0 Å². The summed E-state index contributed by atoms with van der Waals surface area (Å²) in [5, 5.41) is 0. The maximum Gasteiger partial charge on any atom is 0.238 e. The van der Waals surface area contributed by atoms with E-state index in [2.05, 4.69) is 19.9 Å². The molecule has 2 aliphatic rings. The molecule has 142 valence electrons. The molecule has 4 heterocycles. The third-order valence-electron chi connectivity index (χ3n) is 5.31. The van der Waals surface area contributed by atoms with Crippen molar-refractivity contribution in [2.75, 3.05) is 26.2 Å². The monoisotopic (exact) mass is 367 g/mol. The van der Waals surface area contributed by atoms with Crippen LogP contribution in [0, 0.1) is 6.92 Å². The third-order valence-corrected chi connectivity index (χ3v) is 5.31. The zero-order valence-corrected chi connectivity index (χ0v) is 15.7. The molecule has 7 nitrogen and oxygen atoms in total. The summed E-state index contributed by atoms with van der Waals surface area (Å²) in [4.78, 5) is 30.0. The lowest BCUT2D eigenvalue weighted by molar-refractivity contribution is -0.131. The standard InChI is InChI=1S/C20H25N5O2/c1-15-18(7-4-8-22-15)27-19-13-21-12-16(23-19)17-6-5-11-25(17)14-20(26)24-9-2-3-10-24/h4,7-8,12-13,17H,2-3,5-6,9-11,14H2,1H3/t17-/m1/s1. The fourth-order valence-electron chi connectivity index (χ4n) is 3.85. The van der Waals surface area contributed by atoms with Crippen LogP contribution in [0.3, 0.4) is 0 Å². The van der Waals surface area contributed by atoms with Gasteiger partial charge in [-0.25, -0.2) is 4.98 Å². The Hall–Kier alpha value is -2.54. The Balaban J connectivity index is 1.47. The molecular weight excluding hydrogens is 342 g/mol. The fourth-order valence-corrected chi connectivity index (χ4v) is 3.85. The number of rotatable bonds is 5. The van der Waals surface area contributed by atoms with Gasteiger partial charge in [0, 0.05) is 19.3 Å². The molecule has 0 aliphatic carbocycles. The Morgan fingerprint density at radius 2 is 2.07 bits per heavy atom. The molecule has 0 saturated carbocycles. The molecule has 27 heavy (non-hydrogen) atoms. The molecule has 1 amide bonds. The number of aromatic nitrogens is 3. The van der Waals surface area contributed by atoms with Crippen LogP contribution in [0.15, 0.2) is 30.7 Å². The largest absolute Gasteiger partial charge is 0.436 e. The summed E-state index contributed by atoms with van der Waals surface area (Å²) < 4.78 is 5.88. The number of carbonyl (C=O) groups excluding carboxylic acids is 1. The van der Waals surface area contributed by atoms with E-state index in [0.717, 1.165) is 56.7 Å². The van der Waals surface area contributed by atoms with Crippen molar-refractivity contribution in [1.82, 2.24) is 24.8 Å². The van der Waals surface area contributed by atoms with E-state index >= 15 is 0 Å². The van der Waals surface area contributed by atoms with Crippen LogP contribution in [0.1, 0.15) is 43.1 Å². The topological polar surface area (TPSA) is 71.5 Å². The molecule has 2 aromatic rings. The van der Waals surface area contributed by atoms with E-state index in [4.69, 9.17) is 4.74 Å². The first kappa shape index (κ1) is 17.9. The van der Waals surface area contributed by atoms with E-state index in [1.165, 1.54) is 0 Å². The molecule has 0 radical (unpaired) electrons. The quantitative estimate of drug-likeness (QED) is 0.809. The van der Waals surface area contributed by atoms with E-state index in [1.54, 1.807) is 18.6 Å². The minimum atomic E-state index is 0.114. The normalized spacial score (nSPS) is 20.2. The van der Waals surface area contributed by atoms with Crippen molar-refractivity contribution in [2.24, 2.45) is 0 Å². The van der Waals surface area contributed by atoms with E-state index in [-0.39, 0.29) is 11.9 Å². The SMILES string of the molecule is Cc1ncccc1Oc1cncc([C@H]2CCCN2CC(=O)N2CCCC2)n1. The summed E-state index contributed by atoms with van der Waals surface area (Å²) in [6.07, 6.45) is 9.42. The van der Waals surface area contributed by atoms with E-state index in [0.29, 0.717) is 18.2 Å². The number of nitrogens with zero attached hydrogens (tertiary/aromatic N) is 5. The predicted molar refractivity (Wildman–Crippen MR) is 100 cm³/mol. The van der Waals surface area contributed by atoms with E-state index in [1.807, 2.05) is 24.0 Å². The molecule has 0 unspecified atom stereocenters. The molecule has 2 aliphatic heterocycles. The maximum atomic E-state index is 12.5. The minimum absolute atomic E-state index is 0.114. The number of pyridine rings is 1. The van der Waals surface area contributed by atoms with Gasteiger partial charge in [-0.1, -0.05) is 0 Å². The van der Waals surface area contributed by atoms with Crippen LogP contribution in [-0.4, -0.2) is 56.8 Å². The highest BCUT2D eigenvalue weighted by Gasteiger charge is 2.31. The van der Waals surface area contributed by atoms with Crippen molar-refractivity contribution in [1.29, 1.82) is 0 Å². The minimum Gasteiger partial charge on any atom is -0.436 e. The van der Waals surface area contributed by atoms with Gasteiger partial charge in [-0.2, -0.15) is 0 Å². The smallest absolute Gasteiger partial charge is 0.238 e. The van der Waals surface area contributed by atoms with Crippen LogP contribution in [0.5, 0.6) is 11.6 Å². The molecule has 2 aromatic heterocycles. The Morgan fingerprint density at radius 3 is 2.89 bits per heavy atom. The molecule has 0 spiro atoms. The number of ether oxygens (including phenoxy) is 1. The number of hydrogen-bond donors (Lipinski definition) is 0. The lowest BCUT2D eigenvalue weighted by atomic mass is 10.1. The van der Waals surface area contributed by atoms with Gasteiger partial charge in [-0.3, -0.25) is 19.7 Å². The average molecular weight is 367 g/mol. The van der Waals surface area contributed by atoms with Crippen LogP contribution < -0.4 is 4.74 Å². The molecule has 0 N–H and O–H groups in total. The molecule has 0 aromatic carbocycles. The summed E-state index contributed by atoms with van der Waals surface area (Å²) in [6, 6.07) is 3.82. The van der Waals surface area contributed by atoms with Crippen molar-refractivity contribution in [3.8, 4) is 11.6 Å². The summed E-state index contributed by atoms with van der Waals surface area (Å²) in [5.41, 5.74) is 1.67. The number of carbonyl (C=O) groups is 1. The lowest BCUT2D eigenvalue weighted by Crippen LogP contribution is -2.38. The number of aryl methyl sites for hydroxylation is 1. The molecule has 0 bridgehead atoms. The molecule has 2 fully saturated rings. The molecule has 7 heteroatoms. The summed E-state index contributed by atoms with van der Waals surface area (Å²) in [6.45, 7) is 5.06. The predicted octanol–water partition coefficient (Wildman–Crippen LogP) is 2.73. The van der Waals surface area contributed by atoms with Gasteiger partial charge < -0.3 is 9.64 Å². The molecule has 1 atom stereocenters. The second kappa shape index (κ2) is 8.00. The Labute approximate surface area is 159 Å². The third kappa shape index (κ3) is 4.08. The average Bonchev–Trinajstić information content (AvgIpc) is 3.36. The van der Waals surface area contributed by atoms with Gasteiger partial charge >= 0.3 is 0 Å². The zero-order chi connectivity index (χ0) is 18.6. The zero-order valence-electron chi connectivity index (χ0n) is 15.7. The lowest BCUT2D eigenvalue weighted by Gasteiger charge is -2.26. The second-order valence-corrected chi connectivity index (χ2v) is 7.19. The summed E-state index contributed by atoms with van der Waals surface area (Å²) in [5.74, 6) is 1.36. The molecule has 2 saturated heterocycles. The maximum absolute atomic E-state index is 12.5. The van der Waals surface area contributed by atoms with E-state index < -0.39 is 0 Å². The number of likely N-dealkylation sites (tertiary alicyclic amines) is 2. The Bertz CT molecular complexity index is 806. The highest BCUT2D eigenvalue weighted by Crippen LogP contribution is 2.32. The van der Waals surface area contributed by atoms with Gasteiger partial charge in [-0.15, -0.1) is 0 Å². The highest BCUT2D eigenvalue weighted by atomic mass is 16.5. The van der Waals surface area contributed by atoms with Crippen LogP contribution in [0.25, 0.3) is 0 Å². The van der Waals surface area contributed by atoms with Crippen molar-refractivity contribution in [2.45, 2.75) is 38.6 Å². The first-order chi connectivity index (χ1) is 13.2. The van der Waals surface area contributed by atoms with Crippen molar-refractivity contribution in [3.63, 3.8) is 0 Å². The van der Waals surface area contributed by atoms with Crippen LogP contribution in [-0.2, 0) is 4.79 Å². The van der Waals surface area contributed by atoms with Crippen molar-refractivity contribution >= 4 is 5.91 Å². The van der Waals surface area contributed by atoms with Crippen molar-refractivity contribution < 1.29 is 9.53 Å². The van der Waals surface area contributed by atoms with Gasteiger partial charge in [0.15, 0.2) is 5.75 Å². The number of amides is 1. The van der Waals surface area contributed by atoms with Crippen molar-refractivity contribution in [3.05, 3.63) is 42.1 Å². The number of hydrogen-bond acceptors (Lipinski definition) is 6. The van der Waals surface area contributed by atoms with Crippen LogP contribution >= 0.6 is 0 Å². The highest BCUT2D eigenvalue weighted by molar-refractivity contribution is 5.78. The van der Waals surface area contributed by atoms with Gasteiger partial charge in [0.05, 0.1) is 36.4 Å². The fraction of sp³-hybridized carbons (Fsp3) is 0.500. The molecular formula is C20H25N5O2. The molecule has 4 rings (SSSR count). The first-order valence-corrected chi connectivity index (χ1v) is 9.64. The second-order valence-electron chi connectivity index (χ2n) is 7.19.